The second-order valence-corrected chi connectivity index (χ2v) is 6.44. The third kappa shape index (κ3) is 4.36. The normalized spacial score (nSPS) is 17.0. The van der Waals surface area contributed by atoms with Gasteiger partial charge in [-0.05, 0) is 37.1 Å². The fourth-order valence-corrected chi connectivity index (χ4v) is 3.13. The van der Waals surface area contributed by atoms with Crippen molar-refractivity contribution in [2.75, 3.05) is 6.54 Å². The molecule has 1 aromatic heterocycles. The van der Waals surface area contributed by atoms with Crippen LogP contribution in [0.2, 0.25) is 5.02 Å². The number of aliphatic carboxylic acids is 1. The molecular weight excluding hydrogens is 346 g/mol. The number of hydrogen-bond acceptors (Lipinski definition) is 5. The Morgan fingerprint density at radius 1 is 1.32 bits per heavy atom. The average Bonchev–Trinajstić information content (AvgIpc) is 3.22. The SMILES string of the molecule is O=C(O)CC1CCCN1C(=O)CCc1nc(-c2ccc(Cl)cc2)no1. The van der Waals surface area contributed by atoms with Crippen LogP contribution in [0.15, 0.2) is 28.8 Å². The van der Waals surface area contributed by atoms with E-state index in [9.17, 15) is 9.59 Å². The lowest BCUT2D eigenvalue weighted by atomic mass is 10.1. The predicted molar refractivity (Wildman–Crippen MR) is 90.1 cm³/mol. The van der Waals surface area contributed by atoms with Crippen molar-refractivity contribution in [3.63, 3.8) is 0 Å². The van der Waals surface area contributed by atoms with Gasteiger partial charge >= 0.3 is 5.97 Å². The number of halogens is 1. The maximum atomic E-state index is 12.4. The van der Waals surface area contributed by atoms with Gasteiger partial charge in [-0.3, -0.25) is 9.59 Å². The molecule has 1 atom stereocenters. The maximum absolute atomic E-state index is 12.4. The van der Waals surface area contributed by atoms with Crippen molar-refractivity contribution >= 4 is 23.5 Å². The Morgan fingerprint density at radius 2 is 2.08 bits per heavy atom. The summed E-state index contributed by atoms with van der Waals surface area (Å²) in [6.45, 7) is 0.608. The third-order valence-electron chi connectivity index (χ3n) is 4.23. The van der Waals surface area contributed by atoms with Crippen molar-refractivity contribution in [2.24, 2.45) is 0 Å². The Morgan fingerprint density at radius 3 is 2.80 bits per heavy atom. The van der Waals surface area contributed by atoms with Gasteiger partial charge in [0.2, 0.25) is 17.6 Å². The number of nitrogens with zero attached hydrogens (tertiary/aromatic N) is 3. The fraction of sp³-hybridized carbons (Fsp3) is 0.412. The minimum atomic E-state index is -0.880. The van der Waals surface area contributed by atoms with Crippen LogP contribution in [0.1, 0.15) is 31.6 Å². The maximum Gasteiger partial charge on any atom is 0.305 e. The third-order valence-corrected chi connectivity index (χ3v) is 4.48. The molecule has 7 nitrogen and oxygen atoms in total. The van der Waals surface area contributed by atoms with E-state index < -0.39 is 5.97 Å². The molecule has 1 aliphatic heterocycles. The van der Waals surface area contributed by atoms with Crippen molar-refractivity contribution in [3.8, 4) is 11.4 Å². The average molecular weight is 364 g/mol. The molecule has 8 heteroatoms. The molecule has 0 aliphatic carbocycles. The molecule has 1 N–H and O–H groups in total. The largest absolute Gasteiger partial charge is 0.481 e. The Hall–Kier alpha value is -2.41. The summed E-state index contributed by atoms with van der Waals surface area (Å²) in [5.74, 6) is -0.125. The van der Waals surface area contributed by atoms with Gasteiger partial charge in [0.05, 0.1) is 6.42 Å². The molecule has 1 aromatic carbocycles. The number of hydrogen-bond donors (Lipinski definition) is 1. The van der Waals surface area contributed by atoms with Gasteiger partial charge in [-0.1, -0.05) is 16.8 Å². The second kappa shape index (κ2) is 7.65. The summed E-state index contributed by atoms with van der Waals surface area (Å²) in [4.78, 5) is 29.2. The van der Waals surface area contributed by atoms with Crippen LogP contribution in [-0.4, -0.2) is 44.6 Å². The van der Waals surface area contributed by atoms with Crippen LogP contribution in [0.25, 0.3) is 11.4 Å². The van der Waals surface area contributed by atoms with E-state index in [0.717, 1.165) is 18.4 Å². The first-order valence-corrected chi connectivity index (χ1v) is 8.50. The summed E-state index contributed by atoms with van der Waals surface area (Å²) in [5.41, 5.74) is 0.784. The summed E-state index contributed by atoms with van der Waals surface area (Å²) in [6.07, 6.45) is 2.12. The molecule has 0 saturated carbocycles. The van der Waals surface area contributed by atoms with Crippen molar-refractivity contribution in [1.29, 1.82) is 0 Å². The van der Waals surface area contributed by atoms with Crippen LogP contribution < -0.4 is 0 Å². The quantitative estimate of drug-likeness (QED) is 0.847. The van der Waals surface area contributed by atoms with Crippen molar-refractivity contribution in [3.05, 3.63) is 35.2 Å². The van der Waals surface area contributed by atoms with Gasteiger partial charge in [0, 0.05) is 36.0 Å². The van der Waals surface area contributed by atoms with E-state index in [1.807, 2.05) is 0 Å². The zero-order valence-electron chi connectivity index (χ0n) is 13.5. The highest BCUT2D eigenvalue weighted by Crippen LogP contribution is 2.22. The molecule has 1 fully saturated rings. The molecule has 3 rings (SSSR count). The first kappa shape index (κ1) is 17.4. The number of carbonyl (C=O) groups is 2. The minimum absolute atomic E-state index is 0.00693. The number of carboxylic acids is 1. The fourth-order valence-electron chi connectivity index (χ4n) is 3.01. The molecule has 0 spiro atoms. The van der Waals surface area contributed by atoms with Gasteiger partial charge in [-0.25, -0.2) is 0 Å². The van der Waals surface area contributed by atoms with Crippen LogP contribution in [0.5, 0.6) is 0 Å². The highest BCUT2D eigenvalue weighted by atomic mass is 35.5. The minimum Gasteiger partial charge on any atom is -0.481 e. The van der Waals surface area contributed by atoms with E-state index in [1.165, 1.54) is 0 Å². The zero-order chi connectivity index (χ0) is 17.8. The van der Waals surface area contributed by atoms with Gasteiger partial charge in [0.25, 0.3) is 0 Å². The smallest absolute Gasteiger partial charge is 0.305 e. The van der Waals surface area contributed by atoms with Gasteiger partial charge in [0.1, 0.15) is 0 Å². The standard InChI is InChI=1S/C17H18ClN3O4/c18-12-5-3-11(4-6-12)17-19-14(25-20-17)7-8-15(22)21-9-1-2-13(21)10-16(23)24/h3-6,13H,1-2,7-10H2,(H,23,24). The van der Waals surface area contributed by atoms with E-state index in [2.05, 4.69) is 10.1 Å². The second-order valence-electron chi connectivity index (χ2n) is 6.00. The Bertz CT molecular complexity index is 760. The number of aryl methyl sites for hydroxylation is 1. The number of amides is 1. The van der Waals surface area contributed by atoms with Crippen LogP contribution >= 0.6 is 11.6 Å². The monoisotopic (exact) mass is 363 g/mol. The number of likely N-dealkylation sites (tertiary alicyclic amines) is 1. The first-order chi connectivity index (χ1) is 12.0. The highest BCUT2D eigenvalue weighted by Gasteiger charge is 2.30. The lowest BCUT2D eigenvalue weighted by molar-refractivity contribution is -0.139. The topological polar surface area (TPSA) is 96.5 Å². The Kier molecular flexibility index (Phi) is 5.33. The van der Waals surface area contributed by atoms with Gasteiger partial charge in [-0.2, -0.15) is 4.98 Å². The highest BCUT2D eigenvalue weighted by molar-refractivity contribution is 6.30. The Labute approximate surface area is 149 Å². The van der Waals surface area contributed by atoms with Crippen LogP contribution in [0.3, 0.4) is 0 Å². The van der Waals surface area contributed by atoms with Crippen molar-refractivity contribution < 1.29 is 19.2 Å². The van der Waals surface area contributed by atoms with Crippen LogP contribution in [0, 0.1) is 0 Å². The number of benzene rings is 1. The van der Waals surface area contributed by atoms with Gasteiger partial charge in [0.15, 0.2) is 0 Å². The van der Waals surface area contributed by atoms with E-state index in [1.54, 1.807) is 29.2 Å². The van der Waals surface area contributed by atoms with Gasteiger partial charge in [-0.15, -0.1) is 0 Å². The number of rotatable bonds is 6. The summed E-state index contributed by atoms with van der Waals surface area (Å²) in [5, 5.41) is 13.5. The molecule has 2 heterocycles. The number of carboxylic acid groups (broad SMARTS) is 1. The molecule has 1 saturated heterocycles. The molecule has 132 valence electrons. The molecule has 0 radical (unpaired) electrons. The van der Waals surface area contributed by atoms with Crippen molar-refractivity contribution in [1.82, 2.24) is 15.0 Å². The predicted octanol–water partition coefficient (Wildman–Crippen LogP) is 2.79. The molecule has 1 aliphatic rings. The zero-order valence-corrected chi connectivity index (χ0v) is 14.3. The summed E-state index contributed by atoms with van der Waals surface area (Å²) in [7, 11) is 0. The summed E-state index contributed by atoms with van der Waals surface area (Å²) >= 11 is 5.85. The van der Waals surface area contributed by atoms with Crippen LogP contribution in [-0.2, 0) is 16.0 Å². The molecule has 25 heavy (non-hydrogen) atoms. The Balaban J connectivity index is 1.57. The summed E-state index contributed by atoms with van der Waals surface area (Å²) < 4.78 is 5.19. The van der Waals surface area contributed by atoms with E-state index in [0.29, 0.717) is 29.7 Å². The van der Waals surface area contributed by atoms with E-state index in [-0.39, 0.29) is 24.8 Å². The molecule has 1 amide bonds. The number of aromatic nitrogens is 2. The van der Waals surface area contributed by atoms with Gasteiger partial charge < -0.3 is 14.5 Å². The van der Waals surface area contributed by atoms with Crippen LogP contribution in [0.4, 0.5) is 0 Å². The molecule has 1 unspecified atom stereocenters. The molecular formula is C17H18ClN3O4. The lowest BCUT2D eigenvalue weighted by Gasteiger charge is -2.23. The number of carbonyl (C=O) groups excluding carboxylic acids is 1. The molecule has 2 aromatic rings. The van der Waals surface area contributed by atoms with Crippen molar-refractivity contribution in [2.45, 2.75) is 38.1 Å². The molecule has 0 bridgehead atoms. The first-order valence-electron chi connectivity index (χ1n) is 8.12. The van der Waals surface area contributed by atoms with E-state index >= 15 is 0 Å². The lowest BCUT2D eigenvalue weighted by Crippen LogP contribution is -2.36. The van der Waals surface area contributed by atoms with E-state index in [4.69, 9.17) is 21.2 Å². The summed E-state index contributed by atoms with van der Waals surface area (Å²) in [6, 6.07) is 6.86.